The summed E-state index contributed by atoms with van der Waals surface area (Å²) in [6.45, 7) is 0.650. The highest BCUT2D eigenvalue weighted by Gasteiger charge is 1.98. The zero-order valence-electron chi connectivity index (χ0n) is 8.86. The average Bonchev–Trinajstić information content (AvgIpc) is 2.27. The van der Waals surface area contributed by atoms with Crippen LogP contribution in [0.25, 0.3) is 0 Å². The lowest BCUT2D eigenvalue weighted by molar-refractivity contribution is 1.11. The number of aromatic nitrogens is 1. The molecule has 0 amide bonds. The largest absolute Gasteiger partial charge is 0.366 e. The van der Waals surface area contributed by atoms with Gasteiger partial charge in [0.25, 0.3) is 0 Å². The van der Waals surface area contributed by atoms with Crippen molar-refractivity contribution in [3.63, 3.8) is 0 Å². The van der Waals surface area contributed by atoms with Gasteiger partial charge in [0.05, 0.1) is 0 Å². The highest BCUT2D eigenvalue weighted by Crippen LogP contribution is 2.19. The average molecular weight is 290 g/mol. The van der Waals surface area contributed by atoms with E-state index in [9.17, 15) is 0 Å². The first-order chi connectivity index (χ1) is 7.74. The smallest absolute Gasteiger partial charge is 0.126 e. The van der Waals surface area contributed by atoms with Crippen molar-refractivity contribution in [2.24, 2.45) is 0 Å². The van der Waals surface area contributed by atoms with Gasteiger partial charge in [0.1, 0.15) is 5.82 Å². The molecule has 1 aromatic carbocycles. The van der Waals surface area contributed by atoms with Gasteiger partial charge in [0, 0.05) is 22.8 Å². The summed E-state index contributed by atoms with van der Waals surface area (Å²) >= 11 is 11.8. The first-order valence-corrected chi connectivity index (χ1v) is 5.59. The standard InChI is InChI=1S/C12H10Cl2N2.ClH/c13-10-5-9(6-11(14)7-10)8-16-12-3-1-2-4-15-12;/h1-7H,8H2,(H,15,16);1H. The van der Waals surface area contributed by atoms with Crippen LogP contribution >= 0.6 is 35.6 Å². The van der Waals surface area contributed by atoms with Gasteiger partial charge in [-0.2, -0.15) is 0 Å². The number of benzene rings is 1. The monoisotopic (exact) mass is 288 g/mol. The predicted molar refractivity (Wildman–Crippen MR) is 75.3 cm³/mol. The van der Waals surface area contributed by atoms with E-state index in [0.29, 0.717) is 16.6 Å². The van der Waals surface area contributed by atoms with Crippen molar-refractivity contribution < 1.29 is 0 Å². The van der Waals surface area contributed by atoms with Crippen molar-refractivity contribution in [3.8, 4) is 0 Å². The first-order valence-electron chi connectivity index (χ1n) is 4.84. The van der Waals surface area contributed by atoms with Crippen molar-refractivity contribution in [3.05, 3.63) is 58.2 Å². The third-order valence-corrected chi connectivity index (χ3v) is 2.50. The Bertz CT molecular complexity index is 454. The Labute approximate surface area is 116 Å². The quantitative estimate of drug-likeness (QED) is 0.904. The molecule has 2 aromatic rings. The molecular formula is C12H11Cl3N2. The van der Waals surface area contributed by atoms with E-state index in [0.717, 1.165) is 11.4 Å². The van der Waals surface area contributed by atoms with Crippen LogP contribution in [0.4, 0.5) is 5.82 Å². The molecule has 0 aliphatic carbocycles. The van der Waals surface area contributed by atoms with Crippen LogP contribution < -0.4 is 5.32 Å². The maximum Gasteiger partial charge on any atom is 0.126 e. The zero-order chi connectivity index (χ0) is 11.4. The van der Waals surface area contributed by atoms with Crippen molar-refractivity contribution in [2.75, 3.05) is 5.32 Å². The lowest BCUT2D eigenvalue weighted by Gasteiger charge is -2.06. The van der Waals surface area contributed by atoms with E-state index < -0.39 is 0 Å². The summed E-state index contributed by atoms with van der Waals surface area (Å²) in [4.78, 5) is 4.16. The van der Waals surface area contributed by atoms with Gasteiger partial charge in [-0.1, -0.05) is 29.3 Å². The van der Waals surface area contributed by atoms with E-state index in [1.54, 1.807) is 12.3 Å². The van der Waals surface area contributed by atoms with Gasteiger partial charge < -0.3 is 5.32 Å². The Morgan fingerprint density at radius 1 is 1.06 bits per heavy atom. The van der Waals surface area contributed by atoms with Gasteiger partial charge in [0.2, 0.25) is 0 Å². The van der Waals surface area contributed by atoms with E-state index in [-0.39, 0.29) is 12.4 Å². The number of halogens is 3. The minimum Gasteiger partial charge on any atom is -0.366 e. The molecule has 17 heavy (non-hydrogen) atoms. The molecule has 0 spiro atoms. The summed E-state index contributed by atoms with van der Waals surface area (Å²) in [5.41, 5.74) is 1.03. The number of nitrogens with one attached hydrogen (secondary N) is 1. The molecule has 0 radical (unpaired) electrons. The number of nitrogens with zero attached hydrogens (tertiary/aromatic N) is 1. The second kappa shape index (κ2) is 6.70. The molecule has 1 heterocycles. The molecule has 2 rings (SSSR count). The fourth-order valence-corrected chi connectivity index (χ4v) is 1.94. The van der Waals surface area contributed by atoms with Crippen molar-refractivity contribution in [2.45, 2.75) is 6.54 Å². The Morgan fingerprint density at radius 2 is 1.76 bits per heavy atom. The van der Waals surface area contributed by atoms with Gasteiger partial charge >= 0.3 is 0 Å². The van der Waals surface area contributed by atoms with Crippen LogP contribution in [0.3, 0.4) is 0 Å². The number of pyridine rings is 1. The van der Waals surface area contributed by atoms with Gasteiger partial charge in [0.15, 0.2) is 0 Å². The SMILES string of the molecule is Cl.Clc1cc(Cl)cc(CNc2ccccn2)c1. The molecule has 1 aromatic heterocycles. The number of hydrogen-bond donors (Lipinski definition) is 1. The highest BCUT2D eigenvalue weighted by atomic mass is 35.5. The van der Waals surface area contributed by atoms with Gasteiger partial charge in [-0.15, -0.1) is 12.4 Å². The number of rotatable bonds is 3. The molecular weight excluding hydrogens is 279 g/mol. The minimum atomic E-state index is 0. The Morgan fingerprint density at radius 3 is 2.35 bits per heavy atom. The summed E-state index contributed by atoms with van der Waals surface area (Å²) < 4.78 is 0. The first kappa shape index (κ1) is 14.1. The second-order valence-corrected chi connectivity index (χ2v) is 4.22. The van der Waals surface area contributed by atoms with Crippen LogP contribution in [0.5, 0.6) is 0 Å². The van der Waals surface area contributed by atoms with Crippen molar-refractivity contribution in [1.82, 2.24) is 4.98 Å². The molecule has 0 fully saturated rings. The molecule has 90 valence electrons. The minimum absolute atomic E-state index is 0. The zero-order valence-corrected chi connectivity index (χ0v) is 11.2. The normalized spacial score (nSPS) is 9.53. The molecule has 0 aliphatic rings. The van der Waals surface area contributed by atoms with Crippen molar-refractivity contribution in [1.29, 1.82) is 0 Å². The fraction of sp³-hybridized carbons (Fsp3) is 0.0833. The van der Waals surface area contributed by atoms with Crippen LogP contribution in [-0.2, 0) is 6.54 Å². The topological polar surface area (TPSA) is 24.9 Å². The summed E-state index contributed by atoms with van der Waals surface area (Å²) in [5, 5.41) is 4.47. The third kappa shape index (κ3) is 4.43. The van der Waals surface area contributed by atoms with E-state index in [4.69, 9.17) is 23.2 Å². The van der Waals surface area contributed by atoms with Crippen molar-refractivity contribution >= 4 is 41.4 Å². The van der Waals surface area contributed by atoms with Gasteiger partial charge in [-0.25, -0.2) is 4.98 Å². The fourth-order valence-electron chi connectivity index (χ4n) is 1.37. The molecule has 5 heteroatoms. The lowest BCUT2D eigenvalue weighted by Crippen LogP contribution is -2.00. The van der Waals surface area contributed by atoms with E-state index >= 15 is 0 Å². The molecule has 1 N–H and O–H groups in total. The highest BCUT2D eigenvalue weighted by molar-refractivity contribution is 6.34. The Hall–Kier alpha value is -0.960. The van der Waals surface area contributed by atoms with Crippen LogP contribution in [0, 0.1) is 0 Å². The summed E-state index contributed by atoms with van der Waals surface area (Å²) in [5.74, 6) is 0.832. The lowest BCUT2D eigenvalue weighted by atomic mass is 10.2. The molecule has 0 aliphatic heterocycles. The van der Waals surface area contributed by atoms with Gasteiger partial charge in [-0.05, 0) is 35.9 Å². The molecule has 0 saturated heterocycles. The van der Waals surface area contributed by atoms with E-state index in [2.05, 4.69) is 10.3 Å². The maximum atomic E-state index is 5.90. The molecule has 0 saturated carbocycles. The Balaban J connectivity index is 0.00000144. The van der Waals surface area contributed by atoms with E-state index in [1.807, 2.05) is 30.3 Å². The molecule has 0 bridgehead atoms. The molecule has 2 nitrogen and oxygen atoms in total. The van der Waals surface area contributed by atoms with E-state index in [1.165, 1.54) is 0 Å². The summed E-state index contributed by atoms with van der Waals surface area (Å²) in [6, 6.07) is 11.2. The van der Waals surface area contributed by atoms with Crippen LogP contribution in [0.2, 0.25) is 10.0 Å². The van der Waals surface area contributed by atoms with Crippen LogP contribution in [0.15, 0.2) is 42.6 Å². The van der Waals surface area contributed by atoms with Crippen LogP contribution in [-0.4, -0.2) is 4.98 Å². The maximum absolute atomic E-state index is 5.90. The molecule has 0 atom stereocenters. The summed E-state index contributed by atoms with van der Waals surface area (Å²) in [6.07, 6.45) is 1.74. The second-order valence-electron chi connectivity index (χ2n) is 3.35. The summed E-state index contributed by atoms with van der Waals surface area (Å²) in [7, 11) is 0. The number of anilines is 1. The number of hydrogen-bond acceptors (Lipinski definition) is 2. The Kier molecular flexibility index (Phi) is 5.56. The van der Waals surface area contributed by atoms with Gasteiger partial charge in [-0.3, -0.25) is 0 Å². The third-order valence-electron chi connectivity index (χ3n) is 2.06. The molecule has 0 unspecified atom stereocenters. The van der Waals surface area contributed by atoms with Crippen LogP contribution in [0.1, 0.15) is 5.56 Å². The predicted octanol–water partition coefficient (Wildman–Crippen LogP) is 4.42.